The molecule has 110 valence electrons. The number of fused-ring (bicyclic) bond motifs is 1. The summed E-state index contributed by atoms with van der Waals surface area (Å²) in [5.41, 5.74) is -0.174. The minimum atomic E-state index is -1.05. The maximum Gasteiger partial charge on any atom is 0.335 e. The summed E-state index contributed by atoms with van der Waals surface area (Å²) in [6.45, 7) is 2.08. The second-order valence-corrected chi connectivity index (χ2v) is 5.52. The van der Waals surface area contributed by atoms with Crippen LogP contribution in [0.3, 0.4) is 0 Å². The zero-order chi connectivity index (χ0) is 15.1. The van der Waals surface area contributed by atoms with E-state index in [1.807, 2.05) is 0 Å². The predicted octanol–water partition coefficient (Wildman–Crippen LogP) is 1.75. The fourth-order valence-electron chi connectivity index (χ4n) is 2.92. The summed E-state index contributed by atoms with van der Waals surface area (Å²) >= 11 is 0. The van der Waals surface area contributed by atoms with Gasteiger partial charge in [-0.2, -0.15) is 0 Å². The van der Waals surface area contributed by atoms with Gasteiger partial charge in [0.2, 0.25) is 0 Å². The maximum atomic E-state index is 12.2. The number of H-pyrrole nitrogens is 1. The van der Waals surface area contributed by atoms with Gasteiger partial charge in [-0.25, -0.2) is 4.79 Å². The Kier molecular flexibility index (Phi) is 3.16. The van der Waals surface area contributed by atoms with Crippen LogP contribution < -0.4 is 11.1 Å². The number of nitrogens with zero attached hydrogens (tertiary/aromatic N) is 1. The van der Waals surface area contributed by atoms with Gasteiger partial charge in [0, 0.05) is 6.04 Å². The quantitative estimate of drug-likeness (QED) is 0.838. The van der Waals surface area contributed by atoms with Crippen molar-refractivity contribution in [3.63, 3.8) is 0 Å². The Balaban J connectivity index is 2.22. The molecular formula is C15H16N2O4. The lowest BCUT2D eigenvalue weighted by Gasteiger charge is -2.10. The van der Waals surface area contributed by atoms with Gasteiger partial charge in [-0.05, 0) is 37.0 Å². The fourth-order valence-corrected chi connectivity index (χ4v) is 2.92. The number of carboxylic acids is 1. The van der Waals surface area contributed by atoms with E-state index in [9.17, 15) is 14.4 Å². The molecule has 6 nitrogen and oxygen atoms in total. The maximum absolute atomic E-state index is 12.2. The van der Waals surface area contributed by atoms with Crippen LogP contribution in [0.15, 0.2) is 27.8 Å². The average molecular weight is 288 g/mol. The van der Waals surface area contributed by atoms with Crippen LogP contribution in [-0.4, -0.2) is 20.6 Å². The van der Waals surface area contributed by atoms with Crippen molar-refractivity contribution in [2.24, 2.45) is 5.92 Å². The first-order valence-corrected chi connectivity index (χ1v) is 7.04. The van der Waals surface area contributed by atoms with Crippen molar-refractivity contribution < 1.29 is 9.90 Å². The summed E-state index contributed by atoms with van der Waals surface area (Å²) in [5, 5.41) is 9.09. The number of carbonyl (C=O) groups is 1. The van der Waals surface area contributed by atoms with Gasteiger partial charge in [0.05, 0.1) is 16.6 Å². The summed E-state index contributed by atoms with van der Waals surface area (Å²) in [6.07, 6.45) is 2.89. The summed E-state index contributed by atoms with van der Waals surface area (Å²) in [6, 6.07) is 4.42. The van der Waals surface area contributed by atoms with Crippen molar-refractivity contribution in [1.29, 1.82) is 0 Å². The Morgan fingerprint density at radius 1 is 1.43 bits per heavy atom. The average Bonchev–Trinajstić information content (AvgIpc) is 3.19. The van der Waals surface area contributed by atoms with Crippen molar-refractivity contribution in [3.8, 4) is 0 Å². The molecule has 0 saturated heterocycles. The predicted molar refractivity (Wildman–Crippen MR) is 77.8 cm³/mol. The van der Waals surface area contributed by atoms with Crippen LogP contribution in [0.25, 0.3) is 11.0 Å². The molecule has 1 saturated carbocycles. The highest BCUT2D eigenvalue weighted by Gasteiger charge is 2.39. The lowest BCUT2D eigenvalue weighted by atomic mass is 10.2. The zero-order valence-electron chi connectivity index (χ0n) is 11.6. The molecule has 0 radical (unpaired) electrons. The topological polar surface area (TPSA) is 92.2 Å². The lowest BCUT2D eigenvalue weighted by Crippen LogP contribution is -2.36. The smallest absolute Gasteiger partial charge is 0.335 e. The number of carboxylic acid groups (broad SMARTS) is 1. The van der Waals surface area contributed by atoms with Gasteiger partial charge in [-0.15, -0.1) is 0 Å². The highest BCUT2D eigenvalue weighted by atomic mass is 16.4. The Morgan fingerprint density at radius 2 is 2.19 bits per heavy atom. The molecule has 3 rings (SSSR count). The molecule has 2 atom stereocenters. The highest BCUT2D eigenvalue weighted by Crippen LogP contribution is 2.46. The van der Waals surface area contributed by atoms with Gasteiger partial charge in [-0.3, -0.25) is 14.2 Å². The number of aromatic amines is 1. The number of rotatable bonds is 4. The Morgan fingerprint density at radius 3 is 2.86 bits per heavy atom. The van der Waals surface area contributed by atoms with Crippen LogP contribution >= 0.6 is 0 Å². The van der Waals surface area contributed by atoms with Gasteiger partial charge < -0.3 is 10.1 Å². The summed E-state index contributed by atoms with van der Waals surface area (Å²) in [5.74, 6) is -0.658. The van der Waals surface area contributed by atoms with Gasteiger partial charge >= 0.3 is 17.1 Å². The van der Waals surface area contributed by atoms with Gasteiger partial charge in [0.25, 0.3) is 0 Å². The second-order valence-electron chi connectivity index (χ2n) is 5.52. The van der Waals surface area contributed by atoms with Crippen molar-refractivity contribution >= 4 is 17.0 Å². The third-order valence-electron chi connectivity index (χ3n) is 4.04. The first-order valence-electron chi connectivity index (χ1n) is 7.04. The van der Waals surface area contributed by atoms with Gasteiger partial charge in [0.15, 0.2) is 0 Å². The minimum absolute atomic E-state index is 0.00583. The van der Waals surface area contributed by atoms with Crippen LogP contribution in [-0.2, 0) is 0 Å². The highest BCUT2D eigenvalue weighted by molar-refractivity contribution is 5.92. The number of aromatic nitrogens is 2. The van der Waals surface area contributed by atoms with E-state index >= 15 is 0 Å². The SMILES string of the molecule is CCCC1CC1n1c(=O)c(=O)[nH]c2ccc(C(=O)O)cc21. The lowest BCUT2D eigenvalue weighted by molar-refractivity contribution is 0.0697. The molecule has 1 heterocycles. The molecule has 1 fully saturated rings. The molecule has 1 aliphatic rings. The van der Waals surface area contributed by atoms with Gasteiger partial charge in [-0.1, -0.05) is 13.3 Å². The normalized spacial score (nSPS) is 20.6. The standard InChI is InChI=1S/C15H16N2O4/c1-2-3-8-6-11(8)17-12-7-9(15(20)21)4-5-10(12)16-13(18)14(17)19/h4-5,7-8,11H,2-3,6H2,1H3,(H,16,18)(H,20,21). The molecule has 1 aromatic heterocycles. The molecule has 21 heavy (non-hydrogen) atoms. The number of hydrogen-bond donors (Lipinski definition) is 2. The third kappa shape index (κ3) is 2.26. The molecule has 2 aromatic rings. The van der Waals surface area contributed by atoms with Crippen LogP contribution in [0, 0.1) is 5.92 Å². The first kappa shape index (κ1) is 13.6. The summed E-state index contributed by atoms with van der Waals surface area (Å²) < 4.78 is 1.47. The van der Waals surface area contributed by atoms with E-state index in [2.05, 4.69) is 11.9 Å². The van der Waals surface area contributed by atoms with Crippen LogP contribution in [0.5, 0.6) is 0 Å². The Bertz CT molecular complexity index is 834. The summed E-state index contributed by atoms with van der Waals surface area (Å²) in [7, 11) is 0. The first-order chi connectivity index (χ1) is 10.0. The largest absolute Gasteiger partial charge is 0.478 e. The Labute approximate surface area is 120 Å². The molecule has 6 heteroatoms. The number of benzene rings is 1. The molecule has 1 aromatic carbocycles. The number of aromatic carboxylic acids is 1. The number of nitrogens with one attached hydrogen (secondary N) is 1. The molecule has 2 N–H and O–H groups in total. The second kappa shape index (κ2) is 4.87. The van der Waals surface area contributed by atoms with E-state index in [-0.39, 0.29) is 11.6 Å². The molecule has 1 aliphatic carbocycles. The van der Waals surface area contributed by atoms with Gasteiger partial charge in [0.1, 0.15) is 0 Å². The van der Waals surface area contributed by atoms with Crippen molar-refractivity contribution in [1.82, 2.24) is 9.55 Å². The molecule has 0 amide bonds. The molecule has 0 aliphatic heterocycles. The van der Waals surface area contributed by atoms with E-state index in [0.29, 0.717) is 17.0 Å². The van der Waals surface area contributed by atoms with E-state index in [4.69, 9.17) is 5.11 Å². The van der Waals surface area contributed by atoms with Crippen molar-refractivity contribution in [2.75, 3.05) is 0 Å². The molecule has 0 bridgehead atoms. The van der Waals surface area contributed by atoms with E-state index < -0.39 is 17.1 Å². The third-order valence-corrected chi connectivity index (χ3v) is 4.04. The monoisotopic (exact) mass is 288 g/mol. The van der Waals surface area contributed by atoms with Crippen LogP contribution in [0.1, 0.15) is 42.6 Å². The van der Waals surface area contributed by atoms with Crippen molar-refractivity contribution in [2.45, 2.75) is 32.2 Å². The number of hydrogen-bond acceptors (Lipinski definition) is 3. The van der Waals surface area contributed by atoms with E-state index in [1.165, 1.54) is 22.8 Å². The Hall–Kier alpha value is -2.37. The molecular weight excluding hydrogens is 272 g/mol. The minimum Gasteiger partial charge on any atom is -0.478 e. The fraction of sp³-hybridized carbons (Fsp3) is 0.400. The molecule has 2 unspecified atom stereocenters. The molecule has 0 spiro atoms. The van der Waals surface area contributed by atoms with E-state index in [0.717, 1.165) is 19.3 Å². The van der Waals surface area contributed by atoms with Crippen LogP contribution in [0.2, 0.25) is 0 Å². The van der Waals surface area contributed by atoms with Crippen molar-refractivity contribution in [3.05, 3.63) is 44.5 Å². The zero-order valence-corrected chi connectivity index (χ0v) is 11.6. The van der Waals surface area contributed by atoms with Crippen LogP contribution in [0.4, 0.5) is 0 Å². The summed E-state index contributed by atoms with van der Waals surface area (Å²) in [4.78, 5) is 37.5. The van der Waals surface area contributed by atoms with E-state index in [1.54, 1.807) is 0 Å².